The zero-order valence-corrected chi connectivity index (χ0v) is 11.0. The van der Waals surface area contributed by atoms with Gasteiger partial charge in [-0.15, -0.1) is 0 Å². The number of pyridine rings is 1. The number of hydrogen-bond donors (Lipinski definition) is 1. The molecular weight excluding hydrogens is 234 g/mol. The molecule has 1 fully saturated rings. The standard InChI is InChI=1S/C16H19N3/c1-2-9-17-15(6-1)13-18-14-7-5-8-16(12-14)19-10-3-4-11-19/h1-2,5-9,12,18H,3-4,10-11,13H2. The molecule has 0 saturated carbocycles. The van der Waals surface area contributed by atoms with E-state index in [0.717, 1.165) is 17.9 Å². The Hall–Kier alpha value is -2.03. The van der Waals surface area contributed by atoms with E-state index in [-0.39, 0.29) is 0 Å². The topological polar surface area (TPSA) is 28.2 Å². The third-order valence-corrected chi connectivity index (χ3v) is 3.52. The molecule has 1 aromatic carbocycles. The molecule has 1 aromatic heterocycles. The van der Waals surface area contributed by atoms with Gasteiger partial charge >= 0.3 is 0 Å². The molecule has 1 aliphatic heterocycles. The van der Waals surface area contributed by atoms with Gasteiger partial charge in [-0.2, -0.15) is 0 Å². The van der Waals surface area contributed by atoms with Crippen molar-refractivity contribution in [1.29, 1.82) is 0 Å². The van der Waals surface area contributed by atoms with Crippen molar-refractivity contribution in [3.8, 4) is 0 Å². The molecule has 0 unspecified atom stereocenters. The Bertz CT molecular complexity index is 519. The van der Waals surface area contributed by atoms with E-state index in [9.17, 15) is 0 Å². The minimum atomic E-state index is 0.768. The van der Waals surface area contributed by atoms with Crippen LogP contribution in [0.15, 0.2) is 48.7 Å². The van der Waals surface area contributed by atoms with Gasteiger partial charge in [0.05, 0.1) is 12.2 Å². The van der Waals surface area contributed by atoms with Crippen molar-refractivity contribution >= 4 is 11.4 Å². The number of hydrogen-bond acceptors (Lipinski definition) is 3. The average Bonchev–Trinajstić information content (AvgIpc) is 3.01. The maximum absolute atomic E-state index is 4.32. The van der Waals surface area contributed by atoms with Crippen LogP contribution in [0.2, 0.25) is 0 Å². The van der Waals surface area contributed by atoms with Gasteiger partial charge in [-0.3, -0.25) is 4.98 Å². The molecule has 3 heteroatoms. The van der Waals surface area contributed by atoms with Crippen molar-refractivity contribution in [2.75, 3.05) is 23.3 Å². The SMILES string of the molecule is c1ccc(CNc2cccc(N3CCCC3)c2)nc1. The van der Waals surface area contributed by atoms with E-state index in [4.69, 9.17) is 0 Å². The van der Waals surface area contributed by atoms with E-state index < -0.39 is 0 Å². The third-order valence-electron chi connectivity index (χ3n) is 3.52. The smallest absolute Gasteiger partial charge is 0.0594 e. The second kappa shape index (κ2) is 5.74. The molecule has 98 valence electrons. The van der Waals surface area contributed by atoms with Crippen molar-refractivity contribution in [2.24, 2.45) is 0 Å². The van der Waals surface area contributed by atoms with E-state index in [1.54, 1.807) is 0 Å². The lowest BCUT2D eigenvalue weighted by atomic mass is 10.2. The maximum atomic E-state index is 4.32. The Labute approximate surface area is 114 Å². The highest BCUT2D eigenvalue weighted by atomic mass is 15.1. The molecule has 0 atom stereocenters. The minimum absolute atomic E-state index is 0.768. The predicted molar refractivity (Wildman–Crippen MR) is 79.5 cm³/mol. The zero-order valence-electron chi connectivity index (χ0n) is 11.0. The van der Waals surface area contributed by atoms with Crippen LogP contribution < -0.4 is 10.2 Å². The third kappa shape index (κ3) is 3.05. The van der Waals surface area contributed by atoms with Gasteiger partial charge in [-0.05, 0) is 43.2 Å². The fourth-order valence-electron chi connectivity index (χ4n) is 2.48. The fraction of sp³-hybridized carbons (Fsp3) is 0.312. The molecule has 0 spiro atoms. The van der Waals surface area contributed by atoms with Crippen LogP contribution in [0, 0.1) is 0 Å². The second-order valence-electron chi connectivity index (χ2n) is 4.92. The molecule has 0 amide bonds. The molecule has 0 aliphatic carbocycles. The molecule has 1 N–H and O–H groups in total. The van der Waals surface area contributed by atoms with Gasteiger partial charge in [-0.25, -0.2) is 0 Å². The first kappa shape index (κ1) is 12.0. The molecule has 3 rings (SSSR count). The Balaban J connectivity index is 1.66. The van der Waals surface area contributed by atoms with Crippen LogP contribution in [0.4, 0.5) is 11.4 Å². The maximum Gasteiger partial charge on any atom is 0.0594 e. The number of aromatic nitrogens is 1. The normalized spacial score (nSPS) is 14.6. The highest BCUT2D eigenvalue weighted by molar-refractivity contribution is 5.58. The molecule has 2 heterocycles. The van der Waals surface area contributed by atoms with Crippen LogP contribution in [-0.2, 0) is 6.54 Å². The Morgan fingerprint density at radius 3 is 2.74 bits per heavy atom. The summed E-state index contributed by atoms with van der Waals surface area (Å²) in [5.41, 5.74) is 3.55. The van der Waals surface area contributed by atoms with Crippen LogP contribution in [-0.4, -0.2) is 18.1 Å². The molecular formula is C16H19N3. The first-order valence-electron chi connectivity index (χ1n) is 6.91. The van der Waals surface area contributed by atoms with Crippen molar-refractivity contribution in [3.05, 3.63) is 54.4 Å². The summed E-state index contributed by atoms with van der Waals surface area (Å²) in [4.78, 5) is 6.77. The van der Waals surface area contributed by atoms with Crippen LogP contribution in [0.1, 0.15) is 18.5 Å². The average molecular weight is 253 g/mol. The number of nitrogens with one attached hydrogen (secondary N) is 1. The van der Waals surface area contributed by atoms with Crippen LogP contribution in [0.5, 0.6) is 0 Å². The van der Waals surface area contributed by atoms with Gasteiger partial charge in [0, 0.05) is 30.7 Å². The lowest BCUT2D eigenvalue weighted by molar-refractivity contribution is 0.949. The molecule has 1 saturated heterocycles. The summed E-state index contributed by atoms with van der Waals surface area (Å²) in [6, 6.07) is 14.7. The number of anilines is 2. The van der Waals surface area contributed by atoms with Gasteiger partial charge in [0.1, 0.15) is 0 Å². The fourth-order valence-corrected chi connectivity index (χ4v) is 2.48. The van der Waals surface area contributed by atoms with Crippen LogP contribution in [0.25, 0.3) is 0 Å². The van der Waals surface area contributed by atoms with Crippen molar-refractivity contribution in [2.45, 2.75) is 19.4 Å². The van der Waals surface area contributed by atoms with Crippen molar-refractivity contribution in [3.63, 3.8) is 0 Å². The first-order valence-corrected chi connectivity index (χ1v) is 6.91. The monoisotopic (exact) mass is 253 g/mol. The first-order chi connectivity index (χ1) is 9.42. The Morgan fingerprint density at radius 2 is 1.95 bits per heavy atom. The molecule has 1 aliphatic rings. The van der Waals surface area contributed by atoms with Crippen LogP contribution >= 0.6 is 0 Å². The summed E-state index contributed by atoms with van der Waals surface area (Å²) >= 11 is 0. The Kier molecular flexibility index (Phi) is 3.63. The molecule has 3 nitrogen and oxygen atoms in total. The molecule has 2 aromatic rings. The summed E-state index contributed by atoms with van der Waals surface area (Å²) in [7, 11) is 0. The van der Waals surface area contributed by atoms with Crippen molar-refractivity contribution in [1.82, 2.24) is 4.98 Å². The lowest BCUT2D eigenvalue weighted by Gasteiger charge is -2.18. The van der Waals surface area contributed by atoms with E-state index >= 15 is 0 Å². The van der Waals surface area contributed by atoms with Gasteiger partial charge in [0.15, 0.2) is 0 Å². The minimum Gasteiger partial charge on any atom is -0.379 e. The quantitative estimate of drug-likeness (QED) is 0.906. The molecule has 0 radical (unpaired) electrons. The van der Waals surface area contributed by atoms with Gasteiger partial charge in [0.25, 0.3) is 0 Å². The van der Waals surface area contributed by atoms with Crippen LogP contribution in [0.3, 0.4) is 0 Å². The highest BCUT2D eigenvalue weighted by Gasteiger charge is 2.12. The largest absolute Gasteiger partial charge is 0.379 e. The highest BCUT2D eigenvalue weighted by Crippen LogP contribution is 2.23. The number of rotatable bonds is 4. The molecule has 0 bridgehead atoms. The van der Waals surface area contributed by atoms with E-state index in [1.807, 2.05) is 24.4 Å². The summed E-state index contributed by atoms with van der Waals surface area (Å²) in [5.74, 6) is 0. The lowest BCUT2D eigenvalue weighted by Crippen LogP contribution is -2.17. The second-order valence-corrected chi connectivity index (χ2v) is 4.92. The van der Waals surface area contributed by atoms with Crippen molar-refractivity contribution < 1.29 is 0 Å². The van der Waals surface area contributed by atoms with E-state index in [2.05, 4.69) is 39.5 Å². The number of nitrogens with zero attached hydrogens (tertiary/aromatic N) is 2. The zero-order chi connectivity index (χ0) is 12.9. The summed E-state index contributed by atoms with van der Waals surface area (Å²) in [6.07, 6.45) is 4.45. The Morgan fingerprint density at radius 1 is 1.05 bits per heavy atom. The molecule has 19 heavy (non-hydrogen) atoms. The summed E-state index contributed by atoms with van der Waals surface area (Å²) in [6.45, 7) is 3.14. The summed E-state index contributed by atoms with van der Waals surface area (Å²) in [5, 5.41) is 3.44. The number of benzene rings is 1. The summed E-state index contributed by atoms with van der Waals surface area (Å²) < 4.78 is 0. The predicted octanol–water partition coefficient (Wildman–Crippen LogP) is 3.29. The van der Waals surface area contributed by atoms with Gasteiger partial charge in [-0.1, -0.05) is 12.1 Å². The van der Waals surface area contributed by atoms with E-state index in [0.29, 0.717) is 0 Å². The van der Waals surface area contributed by atoms with Gasteiger partial charge in [0.2, 0.25) is 0 Å². The van der Waals surface area contributed by atoms with Gasteiger partial charge < -0.3 is 10.2 Å². The van der Waals surface area contributed by atoms with E-state index in [1.165, 1.54) is 31.6 Å².